The molecule has 2 unspecified atom stereocenters. The van der Waals surface area contributed by atoms with Gasteiger partial charge in [0, 0.05) is 0 Å². The third kappa shape index (κ3) is 0.604. The predicted molar refractivity (Wildman–Crippen MR) is 45.6 cm³/mol. The molecular formula is C11H12. The van der Waals surface area contributed by atoms with Crippen molar-refractivity contribution < 1.29 is 0 Å². The fourth-order valence-corrected chi connectivity index (χ4v) is 2.56. The molecule has 1 fully saturated rings. The molecule has 3 rings (SSSR count). The third-order valence-electron chi connectivity index (χ3n) is 3.38. The monoisotopic (exact) mass is 144 g/mol. The minimum atomic E-state index is 0.670. The molecule has 0 N–H and O–H groups in total. The van der Waals surface area contributed by atoms with E-state index in [2.05, 4.69) is 31.2 Å². The molecule has 0 spiro atoms. The lowest BCUT2D eigenvalue weighted by molar-refractivity contribution is 0.579. The summed E-state index contributed by atoms with van der Waals surface area (Å²) in [4.78, 5) is 0. The van der Waals surface area contributed by atoms with Crippen LogP contribution in [0.4, 0.5) is 0 Å². The maximum absolute atomic E-state index is 2.41. The van der Waals surface area contributed by atoms with Crippen molar-refractivity contribution >= 4 is 0 Å². The highest BCUT2D eigenvalue weighted by molar-refractivity contribution is 5.44. The van der Waals surface area contributed by atoms with Crippen molar-refractivity contribution in [1.82, 2.24) is 0 Å². The van der Waals surface area contributed by atoms with E-state index in [9.17, 15) is 0 Å². The Bertz CT molecular complexity index is 314. The lowest BCUT2D eigenvalue weighted by Crippen LogP contribution is -1.93. The van der Waals surface area contributed by atoms with Crippen LogP contribution in [0, 0.1) is 5.41 Å². The number of hydrogen-bond donors (Lipinski definition) is 0. The second-order valence-corrected chi connectivity index (χ2v) is 4.29. The summed E-state index contributed by atoms with van der Waals surface area (Å²) in [5, 5.41) is 0. The van der Waals surface area contributed by atoms with Crippen molar-refractivity contribution in [3.63, 3.8) is 0 Å². The maximum Gasteiger partial charge on any atom is -0.00963 e. The van der Waals surface area contributed by atoms with Gasteiger partial charge in [0.1, 0.15) is 0 Å². The van der Waals surface area contributed by atoms with E-state index in [0.29, 0.717) is 5.41 Å². The highest BCUT2D eigenvalue weighted by atomic mass is 14.6. The Labute approximate surface area is 67.2 Å². The van der Waals surface area contributed by atoms with Crippen LogP contribution in [0.5, 0.6) is 0 Å². The molecule has 0 radical (unpaired) electrons. The van der Waals surface area contributed by atoms with Gasteiger partial charge in [-0.3, -0.25) is 0 Å². The molecule has 0 amide bonds. The Morgan fingerprint density at radius 2 is 2.18 bits per heavy atom. The standard InChI is InChI=1S/C11H12/c1-11-6-8-4-2-3-5-9(8)10(11)7-11/h2-5,10H,6-7H2,1H3. The molecule has 1 saturated carbocycles. The molecule has 2 aliphatic rings. The van der Waals surface area contributed by atoms with Gasteiger partial charge in [-0.2, -0.15) is 0 Å². The zero-order valence-corrected chi connectivity index (χ0v) is 6.80. The fourth-order valence-electron chi connectivity index (χ4n) is 2.56. The molecule has 1 aromatic rings. The van der Waals surface area contributed by atoms with E-state index in [1.807, 2.05) is 0 Å². The number of hydrogen-bond acceptors (Lipinski definition) is 0. The SMILES string of the molecule is CC12Cc3ccccc3C1C2. The zero-order valence-electron chi connectivity index (χ0n) is 6.80. The minimum absolute atomic E-state index is 0.670. The molecule has 0 bridgehead atoms. The van der Waals surface area contributed by atoms with Crippen molar-refractivity contribution in [2.75, 3.05) is 0 Å². The molecular weight excluding hydrogens is 132 g/mol. The fraction of sp³-hybridized carbons (Fsp3) is 0.455. The largest absolute Gasteiger partial charge is 0.0620 e. The summed E-state index contributed by atoms with van der Waals surface area (Å²) in [6.45, 7) is 2.41. The van der Waals surface area contributed by atoms with Crippen LogP contribution in [-0.2, 0) is 6.42 Å². The van der Waals surface area contributed by atoms with Crippen molar-refractivity contribution in [1.29, 1.82) is 0 Å². The van der Waals surface area contributed by atoms with Crippen LogP contribution in [0.3, 0.4) is 0 Å². The molecule has 2 aliphatic carbocycles. The highest BCUT2D eigenvalue weighted by Crippen LogP contribution is 2.66. The lowest BCUT2D eigenvalue weighted by atomic mass is 10.0. The Morgan fingerprint density at radius 1 is 1.36 bits per heavy atom. The van der Waals surface area contributed by atoms with Crippen LogP contribution in [0.15, 0.2) is 24.3 Å². The molecule has 56 valence electrons. The van der Waals surface area contributed by atoms with Crippen LogP contribution in [0.25, 0.3) is 0 Å². The highest BCUT2D eigenvalue weighted by Gasteiger charge is 2.55. The first-order chi connectivity index (χ1) is 5.30. The van der Waals surface area contributed by atoms with Gasteiger partial charge in [-0.05, 0) is 35.3 Å². The van der Waals surface area contributed by atoms with E-state index >= 15 is 0 Å². The van der Waals surface area contributed by atoms with Gasteiger partial charge < -0.3 is 0 Å². The van der Waals surface area contributed by atoms with Gasteiger partial charge in [-0.25, -0.2) is 0 Å². The second-order valence-electron chi connectivity index (χ2n) is 4.29. The van der Waals surface area contributed by atoms with E-state index in [1.54, 1.807) is 11.1 Å². The Morgan fingerprint density at radius 3 is 3.00 bits per heavy atom. The first-order valence-corrected chi connectivity index (χ1v) is 4.37. The smallest absolute Gasteiger partial charge is 0.00963 e. The Kier molecular flexibility index (Phi) is 0.806. The number of rotatable bonds is 0. The van der Waals surface area contributed by atoms with E-state index in [1.165, 1.54) is 12.8 Å². The van der Waals surface area contributed by atoms with Gasteiger partial charge in [0.2, 0.25) is 0 Å². The first-order valence-electron chi connectivity index (χ1n) is 4.37. The van der Waals surface area contributed by atoms with Gasteiger partial charge in [-0.15, -0.1) is 0 Å². The molecule has 1 aromatic carbocycles. The molecule has 2 atom stereocenters. The summed E-state index contributed by atoms with van der Waals surface area (Å²) in [6.07, 6.45) is 2.76. The molecule has 11 heavy (non-hydrogen) atoms. The molecule has 0 nitrogen and oxygen atoms in total. The molecule has 0 aromatic heterocycles. The van der Waals surface area contributed by atoms with E-state index in [-0.39, 0.29) is 0 Å². The number of fused-ring (bicyclic) bond motifs is 3. The van der Waals surface area contributed by atoms with Gasteiger partial charge in [0.15, 0.2) is 0 Å². The molecule has 0 aliphatic heterocycles. The van der Waals surface area contributed by atoms with Crippen LogP contribution >= 0.6 is 0 Å². The topological polar surface area (TPSA) is 0 Å². The summed E-state index contributed by atoms with van der Waals surface area (Å²) in [6, 6.07) is 8.92. The van der Waals surface area contributed by atoms with Crippen molar-refractivity contribution in [2.45, 2.75) is 25.7 Å². The molecule has 0 heteroatoms. The van der Waals surface area contributed by atoms with Crippen molar-refractivity contribution in [3.8, 4) is 0 Å². The molecule has 0 saturated heterocycles. The summed E-state index contributed by atoms with van der Waals surface area (Å²) < 4.78 is 0. The van der Waals surface area contributed by atoms with Crippen LogP contribution in [0.2, 0.25) is 0 Å². The average molecular weight is 144 g/mol. The van der Waals surface area contributed by atoms with E-state index < -0.39 is 0 Å². The molecule has 0 heterocycles. The quantitative estimate of drug-likeness (QED) is 0.525. The van der Waals surface area contributed by atoms with Crippen molar-refractivity contribution in [2.24, 2.45) is 5.41 Å². The van der Waals surface area contributed by atoms with Gasteiger partial charge >= 0.3 is 0 Å². The average Bonchev–Trinajstić information content (AvgIpc) is 2.56. The summed E-state index contributed by atoms with van der Waals surface area (Å²) in [7, 11) is 0. The van der Waals surface area contributed by atoms with E-state index in [4.69, 9.17) is 0 Å². The summed E-state index contributed by atoms with van der Waals surface area (Å²) in [5.41, 5.74) is 3.91. The minimum Gasteiger partial charge on any atom is -0.0620 e. The van der Waals surface area contributed by atoms with Crippen LogP contribution in [-0.4, -0.2) is 0 Å². The second kappa shape index (κ2) is 1.52. The van der Waals surface area contributed by atoms with E-state index in [0.717, 1.165) is 5.92 Å². The predicted octanol–water partition coefficient (Wildman–Crippen LogP) is 2.74. The summed E-state index contributed by atoms with van der Waals surface area (Å²) in [5.74, 6) is 0.915. The Balaban J connectivity index is 2.18. The van der Waals surface area contributed by atoms with Gasteiger partial charge in [0.25, 0.3) is 0 Å². The zero-order chi connectivity index (χ0) is 7.47. The number of benzene rings is 1. The van der Waals surface area contributed by atoms with Crippen molar-refractivity contribution in [3.05, 3.63) is 35.4 Å². The van der Waals surface area contributed by atoms with Crippen LogP contribution < -0.4 is 0 Å². The third-order valence-corrected chi connectivity index (χ3v) is 3.38. The normalized spacial score (nSPS) is 38.1. The van der Waals surface area contributed by atoms with Gasteiger partial charge in [-0.1, -0.05) is 31.2 Å². The maximum atomic E-state index is 2.41. The Hall–Kier alpha value is -0.780. The summed E-state index contributed by atoms with van der Waals surface area (Å²) >= 11 is 0. The lowest BCUT2D eigenvalue weighted by Gasteiger charge is -2.01. The van der Waals surface area contributed by atoms with Crippen LogP contribution in [0.1, 0.15) is 30.4 Å². The van der Waals surface area contributed by atoms with Gasteiger partial charge in [0.05, 0.1) is 0 Å². The first kappa shape index (κ1) is 5.82.